The van der Waals surface area contributed by atoms with E-state index in [1.54, 1.807) is 6.20 Å². The molecule has 2 saturated carbocycles. The van der Waals surface area contributed by atoms with Crippen LogP contribution >= 0.6 is 0 Å². The summed E-state index contributed by atoms with van der Waals surface area (Å²) in [4.78, 5) is 93.4. The lowest BCUT2D eigenvalue weighted by Gasteiger charge is -2.48. The largest absolute Gasteiger partial charge is 0.366 e. The minimum absolute atomic E-state index is 0.0369. The normalized spacial score (nSPS) is 25.6. The summed E-state index contributed by atoms with van der Waals surface area (Å²) >= 11 is 0. The zero-order valence-electron chi connectivity index (χ0n) is 43.1. The van der Waals surface area contributed by atoms with Crippen LogP contribution in [0.25, 0.3) is 22.3 Å². The Morgan fingerprint density at radius 2 is 1.53 bits per heavy atom. The Bertz CT molecular complexity index is 2770. The maximum atomic E-state index is 15.3. The molecule has 1 aromatic carbocycles. The molecule has 16 heteroatoms. The highest BCUT2D eigenvalue weighted by molar-refractivity contribution is 6.09. The fourth-order valence-electron chi connectivity index (χ4n) is 13.7. The molecule has 6 aliphatic heterocycles. The summed E-state index contributed by atoms with van der Waals surface area (Å²) in [6.45, 7) is 12.6. The molecule has 0 radical (unpaired) electrons. The molecule has 0 bridgehead atoms. The third-order valence-corrected chi connectivity index (χ3v) is 18.5. The molecule has 5 saturated heterocycles. The summed E-state index contributed by atoms with van der Waals surface area (Å²) < 4.78 is 2.20. The van der Waals surface area contributed by atoms with Crippen molar-refractivity contribution in [1.82, 2.24) is 39.5 Å². The van der Waals surface area contributed by atoms with Gasteiger partial charge in [-0.2, -0.15) is 0 Å². The fourth-order valence-corrected chi connectivity index (χ4v) is 13.7. The van der Waals surface area contributed by atoms with E-state index >= 15 is 4.79 Å². The summed E-state index contributed by atoms with van der Waals surface area (Å²) in [5, 5.41) is 6.14. The van der Waals surface area contributed by atoms with Crippen LogP contribution in [0.15, 0.2) is 48.9 Å². The van der Waals surface area contributed by atoms with E-state index in [9.17, 15) is 19.2 Å². The number of nitrogens with one attached hydrogen (secondary N) is 2. The van der Waals surface area contributed by atoms with E-state index in [0.717, 1.165) is 128 Å². The molecule has 2 atom stereocenters. The number of aromatic nitrogens is 4. The maximum Gasteiger partial charge on any atom is 0.238 e. The van der Waals surface area contributed by atoms with Gasteiger partial charge in [0.1, 0.15) is 11.3 Å². The molecule has 9 heterocycles. The number of pyridine rings is 2. The number of imidazole rings is 1. The van der Waals surface area contributed by atoms with Gasteiger partial charge >= 0.3 is 0 Å². The van der Waals surface area contributed by atoms with Gasteiger partial charge < -0.3 is 34.4 Å². The van der Waals surface area contributed by atoms with Crippen molar-refractivity contribution in [2.75, 3.05) is 67.5 Å². The predicted molar refractivity (Wildman–Crippen MR) is 280 cm³/mol. The molecule has 16 nitrogen and oxygen atoms in total. The molecule has 386 valence electrons. The van der Waals surface area contributed by atoms with E-state index in [1.165, 1.54) is 19.3 Å². The van der Waals surface area contributed by atoms with Crippen LogP contribution in [0.3, 0.4) is 0 Å². The Kier molecular flexibility index (Phi) is 12.8. The van der Waals surface area contributed by atoms with Crippen LogP contribution in [-0.2, 0) is 29.4 Å². The highest BCUT2D eigenvalue weighted by atomic mass is 16.2. The number of hydrogen-bond acceptors (Lipinski definition) is 11. The van der Waals surface area contributed by atoms with Crippen molar-refractivity contribution in [3.8, 4) is 11.3 Å². The Morgan fingerprint density at radius 1 is 0.781 bits per heavy atom. The highest BCUT2D eigenvalue weighted by Gasteiger charge is 2.56. The summed E-state index contributed by atoms with van der Waals surface area (Å²) in [5.41, 5.74) is 6.07. The number of hydrogen-bond donors (Lipinski definition) is 2. The summed E-state index contributed by atoms with van der Waals surface area (Å²) in [6, 6.07) is 13.9. The molecule has 12 rings (SSSR count). The molecule has 1 unspecified atom stereocenters. The van der Waals surface area contributed by atoms with E-state index in [2.05, 4.69) is 79.9 Å². The first-order valence-electron chi connectivity index (χ1n) is 27.9. The van der Waals surface area contributed by atoms with E-state index in [4.69, 9.17) is 9.97 Å². The third kappa shape index (κ3) is 8.96. The lowest BCUT2D eigenvalue weighted by molar-refractivity contribution is -0.142. The van der Waals surface area contributed by atoms with E-state index in [-0.39, 0.29) is 65.3 Å². The van der Waals surface area contributed by atoms with Crippen molar-refractivity contribution in [3.05, 3.63) is 60.0 Å². The SMILES string of the molecule is CC(C(=O)N1CCC2(CC1)C(=O)N(C1CC(N3CCCCC3)C1)c1cc(-c3cc4ncn(C(C)C)c4c(NC4CC4)n3)ccc12)C1CCN(C(=O)C2CCN(c3ccc([C@H]4CCC(=O)NC4=O)cn3)CC2)CC1. The van der Waals surface area contributed by atoms with E-state index in [1.807, 2.05) is 28.3 Å². The lowest BCUT2D eigenvalue weighted by Crippen LogP contribution is -2.58. The first-order valence-corrected chi connectivity index (χ1v) is 27.9. The number of likely N-dealkylation sites (tertiary alicyclic amines) is 3. The van der Waals surface area contributed by atoms with Gasteiger partial charge in [-0.25, -0.2) is 15.0 Å². The van der Waals surface area contributed by atoms with Crippen molar-refractivity contribution >= 4 is 57.9 Å². The number of carbonyl (C=O) groups excluding carboxylic acids is 5. The Morgan fingerprint density at radius 3 is 2.22 bits per heavy atom. The van der Waals surface area contributed by atoms with E-state index in [0.29, 0.717) is 63.9 Å². The van der Waals surface area contributed by atoms with Crippen molar-refractivity contribution in [2.45, 2.75) is 153 Å². The number of rotatable bonds is 11. The fraction of sp³-hybridized carbons (Fsp3) is 0.614. The summed E-state index contributed by atoms with van der Waals surface area (Å²) in [5.74, 6) is 1.46. The Labute approximate surface area is 429 Å². The smallest absolute Gasteiger partial charge is 0.238 e. The van der Waals surface area contributed by atoms with Crippen LogP contribution in [-0.4, -0.2) is 134 Å². The Balaban J connectivity index is 0.686. The average molecular weight is 992 g/mol. The summed E-state index contributed by atoms with van der Waals surface area (Å²) in [6.07, 6.45) is 16.9. The van der Waals surface area contributed by atoms with Gasteiger partial charge in [0.15, 0.2) is 5.82 Å². The number of carbonyl (C=O) groups is 5. The van der Waals surface area contributed by atoms with Crippen molar-refractivity contribution in [1.29, 1.82) is 0 Å². The zero-order valence-corrected chi connectivity index (χ0v) is 43.1. The molecule has 4 aromatic rings. The number of imide groups is 1. The van der Waals surface area contributed by atoms with Crippen molar-refractivity contribution in [3.63, 3.8) is 0 Å². The molecule has 1 spiro atoms. The van der Waals surface area contributed by atoms with Crippen molar-refractivity contribution < 1.29 is 24.0 Å². The topological polar surface area (TPSA) is 169 Å². The second-order valence-corrected chi connectivity index (χ2v) is 23.2. The van der Waals surface area contributed by atoms with Gasteiger partial charge in [-0.3, -0.25) is 29.3 Å². The van der Waals surface area contributed by atoms with E-state index < -0.39 is 5.41 Å². The average Bonchev–Trinajstić information content (AvgIpc) is 4.07. The number of benzene rings is 1. The van der Waals surface area contributed by atoms with Gasteiger partial charge in [-0.15, -0.1) is 0 Å². The first-order chi connectivity index (χ1) is 35.4. The molecule has 73 heavy (non-hydrogen) atoms. The van der Waals surface area contributed by atoms with Gasteiger partial charge in [0.2, 0.25) is 29.5 Å². The minimum Gasteiger partial charge on any atom is -0.366 e. The van der Waals surface area contributed by atoms with Crippen molar-refractivity contribution in [2.24, 2.45) is 17.8 Å². The second kappa shape index (κ2) is 19.4. The monoisotopic (exact) mass is 992 g/mol. The number of piperidine rings is 5. The molecule has 8 aliphatic rings. The standard InChI is InChI=1S/C57H73N11O5/c1-35(2)67-34-59-47-32-46(61-52(51(47)67)60-41-9-10-41)39-7-12-45-48(29-39)68(43-30-42(31-43)63-21-5-4-6-22-63)56(73)57(45)19-27-66(28-20-57)54(71)36(3)37-15-25-65(26-16-37)55(72)38-17-23-64(24-18-38)49-13-8-40(33-58-49)44-11-14-50(69)62-53(44)70/h7-8,12-13,29,32-38,41-44H,4-6,9-11,14-28,30-31H2,1-3H3,(H,60,61)(H,62,69,70)/t36?,42?,43?,44-/m1/s1. The van der Waals surface area contributed by atoms with Crippen LogP contribution in [0.5, 0.6) is 0 Å². The number of amides is 5. The highest BCUT2D eigenvalue weighted by Crippen LogP contribution is 2.52. The van der Waals surface area contributed by atoms with Crippen LogP contribution in [0.4, 0.5) is 17.3 Å². The number of fused-ring (bicyclic) bond motifs is 3. The van der Waals surface area contributed by atoms with Gasteiger partial charge in [0, 0.05) is 99.1 Å². The summed E-state index contributed by atoms with van der Waals surface area (Å²) in [7, 11) is 0. The Hall–Kier alpha value is -5.90. The molecule has 2 N–H and O–H groups in total. The zero-order chi connectivity index (χ0) is 50.1. The predicted octanol–water partition coefficient (Wildman–Crippen LogP) is 7.18. The second-order valence-electron chi connectivity index (χ2n) is 23.2. The van der Waals surface area contributed by atoms with Gasteiger partial charge in [0.05, 0.1) is 28.9 Å². The maximum absolute atomic E-state index is 15.3. The molecule has 7 fully saturated rings. The van der Waals surface area contributed by atoms with Crippen LogP contribution < -0.4 is 20.4 Å². The lowest BCUT2D eigenvalue weighted by atomic mass is 9.73. The van der Waals surface area contributed by atoms with Gasteiger partial charge in [0.25, 0.3) is 0 Å². The first kappa shape index (κ1) is 48.1. The van der Waals surface area contributed by atoms with Crippen LogP contribution in [0.1, 0.15) is 140 Å². The van der Waals surface area contributed by atoms with Gasteiger partial charge in [-0.05, 0) is 146 Å². The van der Waals surface area contributed by atoms with Crippen LogP contribution in [0, 0.1) is 17.8 Å². The molecule has 3 aromatic heterocycles. The minimum atomic E-state index is -0.670. The number of anilines is 3. The van der Waals surface area contributed by atoms with Crippen LogP contribution in [0.2, 0.25) is 0 Å². The quantitative estimate of drug-likeness (QED) is 0.146. The molecule has 2 aliphatic carbocycles. The van der Waals surface area contributed by atoms with Gasteiger partial charge in [-0.1, -0.05) is 31.5 Å². The molecular formula is C57H73N11O5. The number of nitrogens with zero attached hydrogens (tertiary/aromatic N) is 9. The molecule has 5 amide bonds. The third-order valence-electron chi connectivity index (χ3n) is 18.5. The molecular weight excluding hydrogens is 919 g/mol.